The molecule has 0 unspecified atom stereocenters. The number of aldehydes is 1. The fourth-order valence-corrected chi connectivity index (χ4v) is 1.68. The third-order valence-corrected chi connectivity index (χ3v) is 3.24. The van der Waals surface area contributed by atoms with Gasteiger partial charge in [-0.1, -0.05) is 0 Å². The lowest BCUT2D eigenvalue weighted by Crippen LogP contribution is -2.47. The number of hydrogen-bond donors (Lipinski definition) is 8. The van der Waals surface area contributed by atoms with Crippen LogP contribution in [0.1, 0.15) is 0 Å². The van der Waals surface area contributed by atoms with Gasteiger partial charge in [-0.25, -0.2) is 0 Å². The van der Waals surface area contributed by atoms with E-state index in [2.05, 4.69) is 37.2 Å². The Hall–Kier alpha value is -4.08. The van der Waals surface area contributed by atoms with E-state index in [0.29, 0.717) is 6.29 Å². The van der Waals surface area contributed by atoms with E-state index in [1.807, 2.05) is 0 Å². The van der Waals surface area contributed by atoms with E-state index in [4.69, 9.17) is 5.73 Å². The summed E-state index contributed by atoms with van der Waals surface area (Å²) in [5.41, 5.74) is 5.05. The minimum Gasteiger partial charge on any atom is -0.348 e. The first kappa shape index (κ1) is 27.9. The summed E-state index contributed by atoms with van der Waals surface area (Å²) in [5, 5.41) is 15.4. The lowest BCUT2D eigenvalue weighted by Gasteiger charge is -2.09. The first-order valence-corrected chi connectivity index (χ1v) is 9.18. The molecule has 7 amide bonds. The molecule has 0 aromatic heterocycles. The van der Waals surface area contributed by atoms with Gasteiger partial charge < -0.3 is 47.7 Å². The van der Waals surface area contributed by atoms with Crippen LogP contribution in [0.15, 0.2) is 0 Å². The van der Waals surface area contributed by atoms with Gasteiger partial charge in [-0.05, 0) is 0 Å². The third-order valence-electron chi connectivity index (χ3n) is 3.24. The molecule has 0 aliphatic heterocycles. The summed E-state index contributed by atoms with van der Waals surface area (Å²) in [4.78, 5) is 89.7. The Morgan fingerprint density at radius 1 is 0.469 bits per heavy atom. The summed E-state index contributed by atoms with van der Waals surface area (Å²) in [7, 11) is 0. The van der Waals surface area contributed by atoms with Gasteiger partial charge in [-0.3, -0.25) is 33.6 Å². The Bertz CT molecular complexity index is 727. The van der Waals surface area contributed by atoms with Crippen molar-refractivity contribution in [3.8, 4) is 0 Å². The van der Waals surface area contributed by atoms with Crippen LogP contribution < -0.4 is 43.0 Å². The SMILES string of the molecule is NCC(=O)NCC(=O)NCC(=O)NCC(=O)NCC(=O)NCC(=O)NCC(=O)NCC=O. The second kappa shape index (κ2) is 16.7. The topological polar surface area (TPSA) is 247 Å². The zero-order valence-corrected chi connectivity index (χ0v) is 17.1. The molecule has 9 N–H and O–H groups in total. The summed E-state index contributed by atoms with van der Waals surface area (Å²) < 4.78 is 0. The maximum Gasteiger partial charge on any atom is 0.239 e. The highest BCUT2D eigenvalue weighted by Gasteiger charge is 2.11. The molecule has 0 rings (SSSR count). The van der Waals surface area contributed by atoms with E-state index < -0.39 is 67.5 Å². The van der Waals surface area contributed by atoms with E-state index >= 15 is 0 Å². The minimum absolute atomic E-state index is 0.185. The van der Waals surface area contributed by atoms with Crippen LogP contribution in [-0.2, 0) is 38.4 Å². The second-order valence-corrected chi connectivity index (χ2v) is 5.84. The number of rotatable bonds is 15. The van der Waals surface area contributed by atoms with Gasteiger partial charge in [-0.2, -0.15) is 0 Å². The van der Waals surface area contributed by atoms with E-state index in [-0.39, 0.29) is 26.2 Å². The standard InChI is InChI=1S/C16H26N8O8/c17-3-10(26)19-5-12(28)21-7-14(30)23-9-16(32)24-8-15(31)22-6-13(29)20-4-11(27)18-1-2-25/h2H,1,3-9,17H2,(H,18,27)(H,19,26)(H,20,29)(H,21,28)(H,22,31)(H,23,30)(H,24,32). The fourth-order valence-electron chi connectivity index (χ4n) is 1.68. The van der Waals surface area contributed by atoms with Gasteiger partial charge in [0.05, 0.1) is 52.4 Å². The molecule has 0 aromatic carbocycles. The molecule has 0 spiro atoms. The molecular formula is C16H26N8O8. The van der Waals surface area contributed by atoms with Crippen LogP contribution in [0.2, 0.25) is 0 Å². The van der Waals surface area contributed by atoms with Crippen molar-refractivity contribution in [2.45, 2.75) is 0 Å². The molecule has 0 aromatic rings. The maximum atomic E-state index is 11.6. The van der Waals surface area contributed by atoms with Crippen molar-refractivity contribution in [2.24, 2.45) is 5.73 Å². The number of amides is 7. The number of nitrogens with one attached hydrogen (secondary N) is 7. The highest BCUT2D eigenvalue weighted by molar-refractivity contribution is 5.92. The van der Waals surface area contributed by atoms with Gasteiger partial charge in [0.15, 0.2) is 0 Å². The normalized spacial score (nSPS) is 9.53. The van der Waals surface area contributed by atoms with Gasteiger partial charge >= 0.3 is 0 Å². The van der Waals surface area contributed by atoms with Gasteiger partial charge in [0.2, 0.25) is 41.4 Å². The fraction of sp³-hybridized carbons (Fsp3) is 0.500. The second-order valence-electron chi connectivity index (χ2n) is 5.84. The Labute approximate surface area is 182 Å². The average molecular weight is 458 g/mol. The molecule has 0 fully saturated rings. The Kier molecular flexibility index (Phi) is 14.6. The molecule has 32 heavy (non-hydrogen) atoms. The lowest BCUT2D eigenvalue weighted by molar-refractivity contribution is -0.129. The maximum absolute atomic E-state index is 11.6. The van der Waals surface area contributed by atoms with E-state index in [0.717, 1.165) is 0 Å². The number of nitrogens with two attached hydrogens (primary N) is 1. The summed E-state index contributed by atoms with van der Waals surface area (Å²) in [6.45, 7) is -3.02. The number of carbonyl (C=O) groups excluding carboxylic acids is 8. The van der Waals surface area contributed by atoms with Crippen molar-refractivity contribution in [1.82, 2.24) is 37.2 Å². The highest BCUT2D eigenvalue weighted by Crippen LogP contribution is 1.73. The van der Waals surface area contributed by atoms with Crippen molar-refractivity contribution in [1.29, 1.82) is 0 Å². The quantitative estimate of drug-likeness (QED) is 0.108. The number of hydrogen-bond acceptors (Lipinski definition) is 9. The van der Waals surface area contributed by atoms with Gasteiger partial charge in [0, 0.05) is 0 Å². The summed E-state index contributed by atoms with van der Waals surface area (Å²) in [6, 6.07) is 0. The Morgan fingerprint density at radius 2 is 0.719 bits per heavy atom. The van der Waals surface area contributed by atoms with Crippen molar-refractivity contribution in [3.05, 3.63) is 0 Å². The van der Waals surface area contributed by atoms with Crippen LogP contribution in [0, 0.1) is 0 Å². The molecule has 0 saturated carbocycles. The van der Waals surface area contributed by atoms with Crippen LogP contribution in [0.25, 0.3) is 0 Å². The molecule has 0 radical (unpaired) electrons. The largest absolute Gasteiger partial charge is 0.348 e. The van der Waals surface area contributed by atoms with Crippen LogP contribution in [0.3, 0.4) is 0 Å². The van der Waals surface area contributed by atoms with Gasteiger partial charge in [0.1, 0.15) is 6.29 Å². The van der Waals surface area contributed by atoms with Crippen molar-refractivity contribution >= 4 is 47.6 Å². The zero-order chi connectivity index (χ0) is 24.4. The summed E-state index contributed by atoms with van der Waals surface area (Å²) >= 11 is 0. The predicted molar refractivity (Wildman–Crippen MR) is 106 cm³/mol. The smallest absolute Gasteiger partial charge is 0.239 e. The molecule has 0 aliphatic rings. The summed E-state index contributed by atoms with van der Waals surface area (Å²) in [6.07, 6.45) is 0.478. The van der Waals surface area contributed by atoms with Crippen LogP contribution in [0.5, 0.6) is 0 Å². The summed E-state index contributed by atoms with van der Waals surface area (Å²) in [5.74, 6) is -4.50. The van der Waals surface area contributed by atoms with Crippen molar-refractivity contribution < 1.29 is 38.4 Å². The first-order valence-electron chi connectivity index (χ1n) is 9.18. The third kappa shape index (κ3) is 15.8. The highest BCUT2D eigenvalue weighted by atomic mass is 16.2. The molecule has 16 nitrogen and oxygen atoms in total. The van der Waals surface area contributed by atoms with E-state index in [9.17, 15) is 38.4 Å². The van der Waals surface area contributed by atoms with Gasteiger partial charge in [-0.15, -0.1) is 0 Å². The Morgan fingerprint density at radius 3 is 0.969 bits per heavy atom. The average Bonchev–Trinajstić information content (AvgIpc) is 2.78. The van der Waals surface area contributed by atoms with Crippen LogP contribution >= 0.6 is 0 Å². The van der Waals surface area contributed by atoms with Gasteiger partial charge in [0.25, 0.3) is 0 Å². The monoisotopic (exact) mass is 458 g/mol. The molecule has 16 heteroatoms. The molecule has 0 saturated heterocycles. The lowest BCUT2D eigenvalue weighted by atomic mass is 10.4. The van der Waals surface area contributed by atoms with E-state index in [1.54, 1.807) is 0 Å². The van der Waals surface area contributed by atoms with Crippen molar-refractivity contribution in [2.75, 3.05) is 52.4 Å². The van der Waals surface area contributed by atoms with Crippen molar-refractivity contribution in [3.63, 3.8) is 0 Å². The predicted octanol–water partition coefficient (Wildman–Crippen LogP) is -7.04. The van der Waals surface area contributed by atoms with E-state index in [1.165, 1.54) is 0 Å². The molecule has 0 aliphatic carbocycles. The number of carbonyl (C=O) groups is 8. The van der Waals surface area contributed by atoms with Crippen LogP contribution in [0.4, 0.5) is 0 Å². The molecule has 0 atom stereocenters. The first-order chi connectivity index (χ1) is 15.2. The molecule has 178 valence electrons. The molecule has 0 bridgehead atoms. The zero-order valence-electron chi connectivity index (χ0n) is 17.1. The Balaban J connectivity index is 3.88. The molecular weight excluding hydrogens is 432 g/mol. The van der Waals surface area contributed by atoms with Crippen LogP contribution in [-0.4, -0.2) is 100.0 Å². The molecule has 0 heterocycles. The minimum atomic E-state index is -0.702.